The largest absolute Gasteiger partial charge is 0.492 e. The summed E-state index contributed by atoms with van der Waals surface area (Å²) in [6.07, 6.45) is 0. The van der Waals surface area contributed by atoms with E-state index in [0.717, 1.165) is 40.4 Å². The van der Waals surface area contributed by atoms with Crippen LogP contribution in [-0.4, -0.2) is 18.3 Å². The highest BCUT2D eigenvalue weighted by atomic mass is 35.5. The molecule has 2 aromatic carbocycles. The topological polar surface area (TPSA) is 47.3 Å². The molecule has 0 radical (unpaired) electrons. The van der Waals surface area contributed by atoms with Crippen molar-refractivity contribution < 1.29 is 9.26 Å². The highest BCUT2D eigenvalue weighted by Gasteiger charge is 2.12. The van der Waals surface area contributed by atoms with E-state index in [9.17, 15) is 0 Å². The number of halogens is 1. The first-order valence-electron chi connectivity index (χ1n) is 8.21. The summed E-state index contributed by atoms with van der Waals surface area (Å²) in [4.78, 5) is 0. The van der Waals surface area contributed by atoms with Gasteiger partial charge < -0.3 is 14.6 Å². The van der Waals surface area contributed by atoms with Crippen LogP contribution in [0.2, 0.25) is 0 Å². The summed E-state index contributed by atoms with van der Waals surface area (Å²) in [7, 11) is 0. The second-order valence-corrected chi connectivity index (χ2v) is 6.60. The number of rotatable bonds is 7. The highest BCUT2D eigenvalue weighted by Crippen LogP contribution is 2.33. The molecule has 0 aliphatic carbocycles. The molecular formula is C20H19ClN2O2S. The van der Waals surface area contributed by atoms with Crippen molar-refractivity contribution in [2.45, 2.75) is 6.54 Å². The van der Waals surface area contributed by atoms with Gasteiger partial charge in [0.1, 0.15) is 22.8 Å². The Labute approximate surface area is 162 Å². The van der Waals surface area contributed by atoms with Gasteiger partial charge in [0, 0.05) is 18.7 Å². The number of nitrogens with zero attached hydrogens (tertiary/aromatic N) is 1. The quantitative estimate of drug-likeness (QED) is 0.446. The van der Waals surface area contributed by atoms with Crippen LogP contribution in [0.15, 0.2) is 70.6 Å². The lowest BCUT2D eigenvalue weighted by Crippen LogP contribution is -2.20. The molecule has 0 spiro atoms. The van der Waals surface area contributed by atoms with E-state index < -0.39 is 0 Å². The molecule has 0 saturated heterocycles. The van der Waals surface area contributed by atoms with Crippen molar-refractivity contribution in [1.29, 1.82) is 0 Å². The standard InChI is InChI=1S/C20H18N2O2S.ClH/c1-2-5-15(6-3-1)14-21-10-11-23-17-8-4-7-16(13-17)19-20-18(24-22-19)9-12-25-20;/h1-9,12-13,21H,10-11,14H2;1H. The number of aromatic nitrogens is 1. The number of hydrogen-bond donors (Lipinski definition) is 1. The molecular weight excluding hydrogens is 368 g/mol. The first-order valence-corrected chi connectivity index (χ1v) is 9.09. The van der Waals surface area contributed by atoms with E-state index in [1.807, 2.05) is 53.9 Å². The van der Waals surface area contributed by atoms with Gasteiger partial charge in [-0.25, -0.2) is 0 Å². The maximum absolute atomic E-state index is 5.86. The van der Waals surface area contributed by atoms with E-state index in [1.165, 1.54) is 5.56 Å². The molecule has 0 atom stereocenters. The molecule has 0 amide bonds. The minimum atomic E-state index is 0. The summed E-state index contributed by atoms with van der Waals surface area (Å²) in [6, 6.07) is 20.3. The van der Waals surface area contributed by atoms with Crippen molar-refractivity contribution in [3.8, 4) is 17.0 Å². The Hall–Kier alpha value is -2.34. The molecule has 26 heavy (non-hydrogen) atoms. The molecule has 4 nitrogen and oxygen atoms in total. The van der Waals surface area contributed by atoms with Crippen molar-refractivity contribution in [3.05, 3.63) is 71.6 Å². The first kappa shape index (κ1) is 18.5. The maximum atomic E-state index is 5.86. The Morgan fingerprint density at radius 1 is 1.04 bits per heavy atom. The summed E-state index contributed by atoms with van der Waals surface area (Å²) in [5, 5.41) is 9.57. The zero-order chi connectivity index (χ0) is 16.9. The smallest absolute Gasteiger partial charge is 0.178 e. The molecule has 0 aliphatic heterocycles. The monoisotopic (exact) mass is 386 g/mol. The van der Waals surface area contributed by atoms with E-state index in [2.05, 4.69) is 22.6 Å². The van der Waals surface area contributed by atoms with Gasteiger partial charge in [0.15, 0.2) is 5.58 Å². The van der Waals surface area contributed by atoms with E-state index in [1.54, 1.807) is 11.3 Å². The van der Waals surface area contributed by atoms with Crippen LogP contribution >= 0.6 is 23.7 Å². The molecule has 1 N–H and O–H groups in total. The van der Waals surface area contributed by atoms with Crippen LogP contribution in [0.25, 0.3) is 21.5 Å². The summed E-state index contributed by atoms with van der Waals surface area (Å²) in [5.41, 5.74) is 3.99. The average molecular weight is 387 g/mol. The van der Waals surface area contributed by atoms with E-state index in [0.29, 0.717) is 6.61 Å². The van der Waals surface area contributed by atoms with Gasteiger partial charge in [0.2, 0.25) is 0 Å². The molecule has 2 aromatic heterocycles. The summed E-state index contributed by atoms with van der Waals surface area (Å²) in [6.45, 7) is 2.25. The number of nitrogens with one attached hydrogen (secondary N) is 1. The lowest BCUT2D eigenvalue weighted by Gasteiger charge is -2.08. The Morgan fingerprint density at radius 3 is 2.81 bits per heavy atom. The zero-order valence-corrected chi connectivity index (χ0v) is 15.7. The minimum Gasteiger partial charge on any atom is -0.492 e. The summed E-state index contributed by atoms with van der Waals surface area (Å²) < 4.78 is 12.3. The van der Waals surface area contributed by atoms with Crippen LogP contribution in [0.3, 0.4) is 0 Å². The normalized spacial score (nSPS) is 10.6. The Kier molecular flexibility index (Phi) is 6.28. The lowest BCUT2D eigenvalue weighted by atomic mass is 10.1. The molecule has 4 aromatic rings. The van der Waals surface area contributed by atoms with Gasteiger partial charge in [-0.1, -0.05) is 47.6 Å². The van der Waals surface area contributed by atoms with Crippen molar-refractivity contribution in [2.75, 3.05) is 13.2 Å². The molecule has 0 saturated carbocycles. The van der Waals surface area contributed by atoms with Crippen molar-refractivity contribution >= 4 is 34.0 Å². The molecule has 0 fully saturated rings. The zero-order valence-electron chi connectivity index (χ0n) is 14.1. The Balaban J connectivity index is 0.00000196. The van der Waals surface area contributed by atoms with Gasteiger partial charge in [-0.05, 0) is 29.1 Å². The number of fused-ring (bicyclic) bond motifs is 1. The predicted molar refractivity (Wildman–Crippen MR) is 108 cm³/mol. The van der Waals surface area contributed by atoms with Crippen molar-refractivity contribution in [1.82, 2.24) is 10.5 Å². The fourth-order valence-corrected chi connectivity index (χ4v) is 3.48. The third-order valence-corrected chi connectivity index (χ3v) is 4.81. The molecule has 6 heteroatoms. The number of thiophene rings is 1. The van der Waals surface area contributed by atoms with Gasteiger partial charge in [-0.3, -0.25) is 0 Å². The number of ether oxygens (including phenoxy) is 1. The Morgan fingerprint density at radius 2 is 1.92 bits per heavy atom. The van der Waals surface area contributed by atoms with E-state index in [4.69, 9.17) is 9.26 Å². The van der Waals surface area contributed by atoms with Gasteiger partial charge in [-0.2, -0.15) is 0 Å². The van der Waals surface area contributed by atoms with Crippen molar-refractivity contribution in [2.24, 2.45) is 0 Å². The number of benzene rings is 2. The summed E-state index contributed by atoms with van der Waals surface area (Å²) in [5.74, 6) is 0.840. The third kappa shape index (κ3) is 4.25. The van der Waals surface area contributed by atoms with Crippen LogP contribution in [0.5, 0.6) is 5.75 Å². The summed E-state index contributed by atoms with van der Waals surface area (Å²) >= 11 is 1.64. The minimum absolute atomic E-state index is 0. The molecule has 134 valence electrons. The van der Waals surface area contributed by atoms with Crippen LogP contribution < -0.4 is 10.1 Å². The fraction of sp³-hybridized carbons (Fsp3) is 0.150. The maximum Gasteiger partial charge on any atom is 0.178 e. The van der Waals surface area contributed by atoms with E-state index >= 15 is 0 Å². The van der Waals surface area contributed by atoms with E-state index in [-0.39, 0.29) is 12.4 Å². The van der Waals surface area contributed by atoms with Gasteiger partial charge in [0.05, 0.1) is 0 Å². The molecule has 0 unspecified atom stereocenters. The SMILES string of the molecule is Cl.c1ccc(CNCCOc2cccc(-c3noc4ccsc34)c2)cc1. The number of hydrogen-bond acceptors (Lipinski definition) is 5. The first-order chi connectivity index (χ1) is 12.4. The Bertz CT molecular complexity index is 953. The lowest BCUT2D eigenvalue weighted by molar-refractivity contribution is 0.314. The fourth-order valence-electron chi connectivity index (χ4n) is 2.66. The van der Waals surface area contributed by atoms with Gasteiger partial charge >= 0.3 is 0 Å². The molecule has 2 heterocycles. The average Bonchev–Trinajstić information content (AvgIpc) is 3.26. The third-order valence-electron chi connectivity index (χ3n) is 3.91. The van der Waals surface area contributed by atoms with Crippen LogP contribution in [0.1, 0.15) is 5.56 Å². The van der Waals surface area contributed by atoms with Crippen LogP contribution in [0.4, 0.5) is 0 Å². The van der Waals surface area contributed by atoms with Crippen LogP contribution in [0, 0.1) is 0 Å². The highest BCUT2D eigenvalue weighted by molar-refractivity contribution is 7.17. The predicted octanol–water partition coefficient (Wildman–Crippen LogP) is 5.15. The second kappa shape index (κ2) is 8.85. The van der Waals surface area contributed by atoms with Crippen LogP contribution in [-0.2, 0) is 6.54 Å². The molecule has 0 bridgehead atoms. The van der Waals surface area contributed by atoms with Gasteiger partial charge in [-0.15, -0.1) is 23.7 Å². The van der Waals surface area contributed by atoms with Gasteiger partial charge in [0.25, 0.3) is 0 Å². The molecule has 4 rings (SSSR count). The molecule has 0 aliphatic rings. The van der Waals surface area contributed by atoms with Crippen molar-refractivity contribution in [3.63, 3.8) is 0 Å². The second-order valence-electron chi connectivity index (χ2n) is 5.68.